The Morgan fingerprint density at radius 2 is 0.968 bits per heavy atom. The van der Waals surface area contributed by atoms with Crippen molar-refractivity contribution in [2.75, 3.05) is 6.61 Å². The van der Waals surface area contributed by atoms with Gasteiger partial charge in [0.05, 0.1) is 12.2 Å². The van der Waals surface area contributed by atoms with Gasteiger partial charge in [0.15, 0.2) is 0 Å². The van der Waals surface area contributed by atoms with Gasteiger partial charge < -0.3 is 4.74 Å². The van der Waals surface area contributed by atoms with Crippen LogP contribution >= 0.6 is 0 Å². The average Bonchev–Trinajstić information content (AvgIpc) is 2.80. The molecule has 0 N–H and O–H groups in total. The van der Waals surface area contributed by atoms with Gasteiger partial charge in [0.1, 0.15) is 0 Å². The molecule has 1 aromatic heterocycles. The SMILES string of the molecule is CCCCCCCCCCCCCCCCCCCCCCOC(=O)c1ccncc1. The van der Waals surface area contributed by atoms with Gasteiger partial charge in [0.2, 0.25) is 0 Å². The van der Waals surface area contributed by atoms with Crippen molar-refractivity contribution >= 4 is 5.97 Å². The lowest BCUT2D eigenvalue weighted by Gasteiger charge is -2.05. The lowest BCUT2D eigenvalue weighted by Crippen LogP contribution is -2.06. The Labute approximate surface area is 192 Å². The Balaban J connectivity index is 1.70. The molecule has 0 aliphatic rings. The number of nitrogens with zero attached hydrogens (tertiary/aromatic N) is 1. The van der Waals surface area contributed by atoms with Crippen LogP contribution in [0.3, 0.4) is 0 Å². The number of esters is 1. The summed E-state index contributed by atoms with van der Waals surface area (Å²) < 4.78 is 5.30. The number of carbonyl (C=O) groups excluding carboxylic acids is 1. The lowest BCUT2D eigenvalue weighted by atomic mass is 10.0. The first kappa shape index (κ1) is 27.7. The van der Waals surface area contributed by atoms with Crippen molar-refractivity contribution in [3.05, 3.63) is 30.1 Å². The fraction of sp³-hybridized carbons (Fsp3) is 0.786. The molecular formula is C28H49NO2. The monoisotopic (exact) mass is 431 g/mol. The molecule has 3 heteroatoms. The molecule has 31 heavy (non-hydrogen) atoms. The molecule has 1 rings (SSSR count). The molecular weight excluding hydrogens is 382 g/mol. The van der Waals surface area contributed by atoms with Gasteiger partial charge in [0, 0.05) is 12.4 Å². The van der Waals surface area contributed by atoms with Crippen LogP contribution in [0.4, 0.5) is 0 Å². The van der Waals surface area contributed by atoms with Crippen LogP contribution in [0.2, 0.25) is 0 Å². The second-order valence-electron chi connectivity index (χ2n) is 9.09. The van der Waals surface area contributed by atoms with Crippen LogP contribution in [0.5, 0.6) is 0 Å². The van der Waals surface area contributed by atoms with Crippen molar-refractivity contribution in [3.63, 3.8) is 0 Å². The molecule has 0 aliphatic heterocycles. The minimum Gasteiger partial charge on any atom is -0.462 e. The van der Waals surface area contributed by atoms with E-state index < -0.39 is 0 Å². The van der Waals surface area contributed by atoms with Gasteiger partial charge in [-0.2, -0.15) is 0 Å². The smallest absolute Gasteiger partial charge is 0.338 e. The molecule has 0 spiro atoms. The first-order valence-corrected chi connectivity index (χ1v) is 13.4. The van der Waals surface area contributed by atoms with Crippen molar-refractivity contribution in [3.8, 4) is 0 Å². The topological polar surface area (TPSA) is 39.2 Å². The summed E-state index contributed by atoms with van der Waals surface area (Å²) in [5, 5.41) is 0. The number of pyridine rings is 1. The van der Waals surface area contributed by atoms with E-state index in [0.29, 0.717) is 12.2 Å². The molecule has 0 aromatic carbocycles. The molecule has 1 heterocycles. The van der Waals surface area contributed by atoms with E-state index in [1.165, 1.54) is 116 Å². The number of carbonyl (C=O) groups is 1. The number of hydrogen-bond acceptors (Lipinski definition) is 3. The molecule has 3 nitrogen and oxygen atoms in total. The van der Waals surface area contributed by atoms with E-state index in [1.54, 1.807) is 24.5 Å². The van der Waals surface area contributed by atoms with Crippen LogP contribution < -0.4 is 0 Å². The molecule has 0 radical (unpaired) electrons. The van der Waals surface area contributed by atoms with Gasteiger partial charge in [-0.05, 0) is 18.6 Å². The molecule has 0 fully saturated rings. The summed E-state index contributed by atoms with van der Waals surface area (Å²) in [5.41, 5.74) is 0.586. The van der Waals surface area contributed by atoms with Crippen LogP contribution in [0.25, 0.3) is 0 Å². The van der Waals surface area contributed by atoms with E-state index >= 15 is 0 Å². The quantitative estimate of drug-likeness (QED) is 0.136. The normalized spacial score (nSPS) is 11.0. The summed E-state index contributed by atoms with van der Waals surface area (Å²) >= 11 is 0. The number of aromatic nitrogens is 1. The number of hydrogen-bond donors (Lipinski definition) is 0. The highest BCUT2D eigenvalue weighted by molar-refractivity contribution is 5.89. The van der Waals surface area contributed by atoms with E-state index in [2.05, 4.69) is 11.9 Å². The van der Waals surface area contributed by atoms with Crippen molar-refractivity contribution in [2.24, 2.45) is 0 Å². The second-order valence-corrected chi connectivity index (χ2v) is 9.09. The predicted octanol–water partition coefficient (Wildman–Crippen LogP) is 9.06. The van der Waals surface area contributed by atoms with Crippen molar-refractivity contribution in [1.82, 2.24) is 4.98 Å². The standard InChI is InChI=1S/C28H49NO2/c1-2-3-4-5-6-7-8-9-10-11-12-13-14-15-16-17-18-19-20-21-26-31-28(30)27-22-24-29-25-23-27/h22-25H,2-21,26H2,1H3. The number of ether oxygens (including phenoxy) is 1. The van der Waals surface area contributed by atoms with Gasteiger partial charge >= 0.3 is 5.97 Å². The van der Waals surface area contributed by atoms with Crippen LogP contribution in [0, 0.1) is 0 Å². The van der Waals surface area contributed by atoms with E-state index in [1.807, 2.05) is 0 Å². The highest BCUT2D eigenvalue weighted by Gasteiger charge is 2.05. The average molecular weight is 432 g/mol. The van der Waals surface area contributed by atoms with E-state index in [-0.39, 0.29) is 5.97 Å². The summed E-state index contributed by atoms with van der Waals surface area (Å²) in [6.45, 7) is 2.82. The maximum absolute atomic E-state index is 11.8. The third-order valence-corrected chi connectivity index (χ3v) is 6.15. The summed E-state index contributed by atoms with van der Waals surface area (Å²) in [6.07, 6.45) is 30.8. The fourth-order valence-corrected chi connectivity index (χ4v) is 4.09. The third-order valence-electron chi connectivity index (χ3n) is 6.15. The first-order valence-electron chi connectivity index (χ1n) is 13.4. The van der Waals surface area contributed by atoms with Crippen molar-refractivity contribution in [1.29, 1.82) is 0 Å². The molecule has 0 amide bonds. The molecule has 1 aromatic rings. The van der Waals surface area contributed by atoms with Crippen molar-refractivity contribution < 1.29 is 9.53 Å². The maximum Gasteiger partial charge on any atom is 0.338 e. The Kier molecular flexibility index (Phi) is 19.5. The molecule has 0 saturated heterocycles. The number of rotatable bonds is 22. The fourth-order valence-electron chi connectivity index (χ4n) is 4.09. The Morgan fingerprint density at radius 1 is 0.613 bits per heavy atom. The Hall–Kier alpha value is -1.38. The molecule has 0 saturated carbocycles. The Morgan fingerprint density at radius 3 is 1.35 bits per heavy atom. The Bertz CT molecular complexity index is 503. The van der Waals surface area contributed by atoms with Gasteiger partial charge in [-0.1, -0.05) is 129 Å². The van der Waals surface area contributed by atoms with Crippen LogP contribution in [-0.2, 0) is 4.74 Å². The van der Waals surface area contributed by atoms with Crippen LogP contribution in [-0.4, -0.2) is 17.6 Å². The minimum absolute atomic E-state index is 0.236. The summed E-state index contributed by atoms with van der Waals surface area (Å²) in [4.78, 5) is 15.7. The van der Waals surface area contributed by atoms with E-state index in [4.69, 9.17) is 4.74 Å². The van der Waals surface area contributed by atoms with E-state index in [0.717, 1.165) is 12.8 Å². The summed E-state index contributed by atoms with van der Waals surface area (Å²) in [5.74, 6) is -0.236. The summed E-state index contributed by atoms with van der Waals surface area (Å²) in [6, 6.07) is 3.39. The zero-order valence-corrected chi connectivity index (χ0v) is 20.4. The molecule has 178 valence electrons. The number of unbranched alkanes of at least 4 members (excludes halogenated alkanes) is 19. The van der Waals surface area contributed by atoms with Gasteiger partial charge in [-0.25, -0.2) is 4.79 Å². The molecule has 0 unspecified atom stereocenters. The first-order chi connectivity index (χ1) is 15.3. The minimum atomic E-state index is -0.236. The zero-order chi connectivity index (χ0) is 22.2. The summed E-state index contributed by atoms with van der Waals surface area (Å²) in [7, 11) is 0. The molecule has 0 aliphatic carbocycles. The second kappa shape index (κ2) is 21.8. The van der Waals surface area contributed by atoms with E-state index in [9.17, 15) is 4.79 Å². The highest BCUT2D eigenvalue weighted by Crippen LogP contribution is 2.15. The lowest BCUT2D eigenvalue weighted by molar-refractivity contribution is 0.0497. The maximum atomic E-state index is 11.8. The van der Waals surface area contributed by atoms with Gasteiger partial charge in [0.25, 0.3) is 0 Å². The predicted molar refractivity (Wildman–Crippen MR) is 133 cm³/mol. The zero-order valence-electron chi connectivity index (χ0n) is 20.4. The van der Waals surface area contributed by atoms with Crippen LogP contribution in [0.15, 0.2) is 24.5 Å². The molecule has 0 atom stereocenters. The van der Waals surface area contributed by atoms with Gasteiger partial charge in [-0.3, -0.25) is 4.98 Å². The highest BCUT2D eigenvalue weighted by atomic mass is 16.5. The third kappa shape index (κ3) is 17.9. The molecule has 0 bridgehead atoms. The van der Waals surface area contributed by atoms with Crippen LogP contribution in [0.1, 0.15) is 146 Å². The largest absolute Gasteiger partial charge is 0.462 e. The van der Waals surface area contributed by atoms with Gasteiger partial charge in [-0.15, -0.1) is 0 Å². The van der Waals surface area contributed by atoms with Crippen molar-refractivity contribution in [2.45, 2.75) is 135 Å².